The number of rotatable bonds is 4. The van der Waals surface area contributed by atoms with Gasteiger partial charge >= 0.3 is 0 Å². The summed E-state index contributed by atoms with van der Waals surface area (Å²) in [5.74, 6) is 0.329. The van der Waals surface area contributed by atoms with Crippen LogP contribution in [0, 0.1) is 17.2 Å². The number of nitrogens with two attached hydrogens (primary N) is 1. The summed E-state index contributed by atoms with van der Waals surface area (Å²) in [6.45, 7) is 1.62. The first-order chi connectivity index (χ1) is 9.57. The van der Waals surface area contributed by atoms with E-state index >= 15 is 0 Å². The van der Waals surface area contributed by atoms with Crippen LogP contribution in [0.2, 0.25) is 0 Å². The average molecular weight is 294 g/mol. The fraction of sp³-hybridized carbons (Fsp3) is 0.538. The van der Waals surface area contributed by atoms with E-state index in [1.165, 1.54) is 22.6 Å². The van der Waals surface area contributed by atoms with E-state index in [0.29, 0.717) is 25.6 Å². The first-order valence-electron chi connectivity index (χ1n) is 6.64. The molecule has 1 saturated heterocycles. The van der Waals surface area contributed by atoms with Crippen molar-refractivity contribution in [2.75, 3.05) is 19.6 Å². The molecule has 0 bridgehead atoms. The van der Waals surface area contributed by atoms with E-state index in [-0.39, 0.29) is 10.6 Å². The molecule has 0 spiro atoms. The van der Waals surface area contributed by atoms with Crippen LogP contribution in [0.1, 0.15) is 25.0 Å². The van der Waals surface area contributed by atoms with Crippen LogP contribution in [-0.2, 0) is 10.0 Å². The molecule has 0 saturated carbocycles. The highest BCUT2D eigenvalue weighted by molar-refractivity contribution is 7.89. The second-order valence-corrected chi connectivity index (χ2v) is 6.88. The zero-order valence-corrected chi connectivity index (χ0v) is 12.0. The molecule has 0 aliphatic carbocycles. The first kappa shape index (κ1) is 14.9. The van der Waals surface area contributed by atoms with E-state index in [0.717, 1.165) is 19.3 Å². The van der Waals surface area contributed by atoms with Crippen molar-refractivity contribution in [3.05, 3.63) is 24.0 Å². The van der Waals surface area contributed by atoms with E-state index in [1.807, 2.05) is 6.07 Å². The maximum atomic E-state index is 12.5. The van der Waals surface area contributed by atoms with Crippen molar-refractivity contribution in [1.29, 1.82) is 5.26 Å². The van der Waals surface area contributed by atoms with Gasteiger partial charge in [0.05, 0.1) is 0 Å². The van der Waals surface area contributed by atoms with Gasteiger partial charge in [0.15, 0.2) is 0 Å². The third-order valence-corrected chi connectivity index (χ3v) is 5.39. The molecule has 20 heavy (non-hydrogen) atoms. The summed E-state index contributed by atoms with van der Waals surface area (Å²) in [6, 6.07) is 4.74. The van der Waals surface area contributed by atoms with Crippen molar-refractivity contribution in [2.24, 2.45) is 11.7 Å². The number of hydrogen-bond donors (Lipinski definition) is 1. The van der Waals surface area contributed by atoms with Gasteiger partial charge in [-0.2, -0.15) is 9.57 Å². The minimum Gasteiger partial charge on any atom is -0.330 e. The van der Waals surface area contributed by atoms with E-state index in [9.17, 15) is 8.42 Å². The average Bonchev–Trinajstić information content (AvgIpc) is 2.48. The highest BCUT2D eigenvalue weighted by atomic mass is 32.2. The molecule has 2 heterocycles. The van der Waals surface area contributed by atoms with Crippen molar-refractivity contribution >= 4 is 10.0 Å². The highest BCUT2D eigenvalue weighted by Gasteiger charge is 2.30. The van der Waals surface area contributed by atoms with Crippen LogP contribution in [-0.4, -0.2) is 37.3 Å². The fourth-order valence-corrected chi connectivity index (χ4v) is 3.97. The number of sulfonamides is 1. The van der Waals surface area contributed by atoms with Crippen molar-refractivity contribution < 1.29 is 8.42 Å². The van der Waals surface area contributed by atoms with Gasteiger partial charge in [0, 0.05) is 19.3 Å². The van der Waals surface area contributed by atoms with E-state index in [1.54, 1.807) is 0 Å². The number of aromatic nitrogens is 1. The van der Waals surface area contributed by atoms with Gasteiger partial charge in [0.25, 0.3) is 0 Å². The minimum absolute atomic E-state index is 0.143. The third-order valence-electron chi connectivity index (χ3n) is 3.55. The lowest BCUT2D eigenvalue weighted by Crippen LogP contribution is -2.40. The smallest absolute Gasteiger partial charge is 0.244 e. The van der Waals surface area contributed by atoms with Gasteiger partial charge < -0.3 is 5.73 Å². The number of hydrogen-bond acceptors (Lipinski definition) is 5. The van der Waals surface area contributed by atoms with Gasteiger partial charge in [-0.1, -0.05) is 0 Å². The molecule has 1 atom stereocenters. The van der Waals surface area contributed by atoms with Crippen LogP contribution in [0.3, 0.4) is 0 Å². The highest BCUT2D eigenvalue weighted by Crippen LogP contribution is 2.24. The normalized spacial score (nSPS) is 20.5. The number of nitrogens with zero attached hydrogens (tertiary/aromatic N) is 3. The Bertz CT molecular complexity index is 590. The maximum Gasteiger partial charge on any atom is 0.244 e. The molecule has 1 aromatic rings. The molecule has 0 aromatic carbocycles. The molecule has 108 valence electrons. The molecule has 1 unspecified atom stereocenters. The topological polar surface area (TPSA) is 100 Å². The van der Waals surface area contributed by atoms with Gasteiger partial charge in [0.2, 0.25) is 10.0 Å². The fourth-order valence-electron chi connectivity index (χ4n) is 2.46. The van der Waals surface area contributed by atoms with Gasteiger partial charge in [-0.3, -0.25) is 0 Å². The Hall–Kier alpha value is -1.49. The Balaban J connectivity index is 2.18. The molecular weight excluding hydrogens is 276 g/mol. The van der Waals surface area contributed by atoms with Crippen molar-refractivity contribution in [3.63, 3.8) is 0 Å². The Morgan fingerprint density at radius 3 is 2.90 bits per heavy atom. The number of nitriles is 1. The van der Waals surface area contributed by atoms with Crippen molar-refractivity contribution in [2.45, 2.75) is 24.2 Å². The molecule has 2 N–H and O–H groups in total. The van der Waals surface area contributed by atoms with Crippen LogP contribution >= 0.6 is 0 Å². The summed E-state index contributed by atoms with van der Waals surface area (Å²) < 4.78 is 26.5. The van der Waals surface area contributed by atoms with Gasteiger partial charge in [0.1, 0.15) is 16.7 Å². The van der Waals surface area contributed by atoms with Gasteiger partial charge in [-0.25, -0.2) is 13.4 Å². The van der Waals surface area contributed by atoms with Crippen molar-refractivity contribution in [1.82, 2.24) is 9.29 Å². The lowest BCUT2D eigenvalue weighted by Gasteiger charge is -2.31. The molecule has 1 aromatic heterocycles. The lowest BCUT2D eigenvalue weighted by molar-refractivity contribution is 0.258. The standard InChI is InChI=1S/C13H18N4O2S/c14-6-5-11-2-1-7-17(10-11)20(18,19)13-4-3-12(8-15)16-9-13/h3-4,9,11H,1-2,5-7,10,14H2. The monoisotopic (exact) mass is 294 g/mol. The van der Waals surface area contributed by atoms with Gasteiger partial charge in [-0.15, -0.1) is 0 Å². The van der Waals surface area contributed by atoms with Crippen LogP contribution in [0.4, 0.5) is 0 Å². The van der Waals surface area contributed by atoms with E-state index in [4.69, 9.17) is 11.0 Å². The zero-order chi connectivity index (χ0) is 14.6. The summed E-state index contributed by atoms with van der Waals surface area (Å²) in [6.07, 6.45) is 3.97. The predicted octanol–water partition coefficient (Wildman–Crippen LogP) is 0.703. The molecule has 1 aliphatic heterocycles. The van der Waals surface area contributed by atoms with Crippen LogP contribution in [0.5, 0.6) is 0 Å². The molecule has 6 nitrogen and oxygen atoms in total. The Morgan fingerprint density at radius 1 is 1.50 bits per heavy atom. The summed E-state index contributed by atoms with van der Waals surface area (Å²) >= 11 is 0. The molecule has 7 heteroatoms. The second-order valence-electron chi connectivity index (χ2n) is 4.94. The Labute approximate surface area is 119 Å². The summed E-state index contributed by atoms with van der Waals surface area (Å²) in [5, 5.41) is 8.69. The molecule has 2 rings (SSSR count). The molecule has 1 fully saturated rings. The SMILES string of the molecule is N#Cc1ccc(S(=O)(=O)N2CCCC(CCN)C2)cn1. The first-order valence-corrected chi connectivity index (χ1v) is 8.08. The predicted molar refractivity (Wildman–Crippen MR) is 74.1 cm³/mol. The minimum atomic E-state index is -3.52. The van der Waals surface area contributed by atoms with Crippen LogP contribution < -0.4 is 5.73 Å². The largest absolute Gasteiger partial charge is 0.330 e. The second kappa shape index (κ2) is 6.31. The summed E-state index contributed by atoms with van der Waals surface area (Å²) in [5.41, 5.74) is 5.76. The molecule has 0 radical (unpaired) electrons. The number of piperidine rings is 1. The summed E-state index contributed by atoms with van der Waals surface area (Å²) in [7, 11) is -3.52. The zero-order valence-electron chi connectivity index (χ0n) is 11.2. The Morgan fingerprint density at radius 2 is 2.30 bits per heavy atom. The maximum absolute atomic E-state index is 12.5. The lowest BCUT2D eigenvalue weighted by atomic mass is 9.96. The van der Waals surface area contributed by atoms with Gasteiger partial charge in [-0.05, 0) is 43.9 Å². The quantitative estimate of drug-likeness (QED) is 0.881. The summed E-state index contributed by atoms with van der Waals surface area (Å²) in [4.78, 5) is 3.97. The van der Waals surface area contributed by atoms with Crippen LogP contribution in [0.15, 0.2) is 23.2 Å². The molecule has 0 amide bonds. The molecular formula is C13H18N4O2S. The van der Waals surface area contributed by atoms with E-state index in [2.05, 4.69) is 4.98 Å². The Kier molecular flexibility index (Phi) is 4.70. The molecule has 1 aliphatic rings. The third kappa shape index (κ3) is 3.15. The van der Waals surface area contributed by atoms with Crippen molar-refractivity contribution in [3.8, 4) is 6.07 Å². The number of pyridine rings is 1. The van der Waals surface area contributed by atoms with E-state index < -0.39 is 10.0 Å². The van der Waals surface area contributed by atoms with Crippen LogP contribution in [0.25, 0.3) is 0 Å².